The van der Waals surface area contributed by atoms with E-state index in [0.29, 0.717) is 12.4 Å². The van der Waals surface area contributed by atoms with E-state index in [4.69, 9.17) is 11.6 Å². The quantitative estimate of drug-likeness (QED) is 0.833. The SMILES string of the molecule is Cc1ccccc1C(O)CNc1ccnc(Cl)n1. The van der Waals surface area contributed by atoms with E-state index in [0.717, 1.165) is 11.1 Å². The first-order valence-electron chi connectivity index (χ1n) is 5.63. The molecule has 0 saturated carbocycles. The van der Waals surface area contributed by atoms with Crippen molar-refractivity contribution in [2.45, 2.75) is 13.0 Å². The highest BCUT2D eigenvalue weighted by molar-refractivity contribution is 6.28. The third-order valence-corrected chi connectivity index (χ3v) is 2.83. The zero-order valence-corrected chi connectivity index (χ0v) is 10.7. The Morgan fingerprint density at radius 3 is 2.83 bits per heavy atom. The van der Waals surface area contributed by atoms with Crippen molar-refractivity contribution in [2.75, 3.05) is 11.9 Å². The monoisotopic (exact) mass is 263 g/mol. The molecule has 0 bridgehead atoms. The van der Waals surface area contributed by atoms with Crippen LogP contribution in [0.1, 0.15) is 17.2 Å². The van der Waals surface area contributed by atoms with E-state index in [1.807, 2.05) is 31.2 Å². The smallest absolute Gasteiger partial charge is 0.224 e. The van der Waals surface area contributed by atoms with Crippen molar-refractivity contribution in [3.05, 3.63) is 52.9 Å². The topological polar surface area (TPSA) is 58.0 Å². The predicted molar refractivity (Wildman–Crippen MR) is 71.7 cm³/mol. The molecular weight excluding hydrogens is 250 g/mol. The summed E-state index contributed by atoms with van der Waals surface area (Å²) in [6, 6.07) is 9.45. The fourth-order valence-corrected chi connectivity index (χ4v) is 1.85. The molecule has 2 aromatic rings. The molecule has 0 aliphatic rings. The number of hydrogen-bond donors (Lipinski definition) is 2. The van der Waals surface area contributed by atoms with Crippen LogP contribution in [0, 0.1) is 6.92 Å². The van der Waals surface area contributed by atoms with Crippen molar-refractivity contribution < 1.29 is 5.11 Å². The third-order valence-electron chi connectivity index (χ3n) is 2.65. The van der Waals surface area contributed by atoms with Crippen molar-refractivity contribution in [2.24, 2.45) is 0 Å². The average molecular weight is 264 g/mol. The molecule has 1 atom stereocenters. The lowest BCUT2D eigenvalue weighted by atomic mass is 10.0. The molecule has 0 saturated heterocycles. The Labute approximate surface area is 111 Å². The summed E-state index contributed by atoms with van der Waals surface area (Å²) in [4.78, 5) is 7.78. The molecule has 0 aliphatic heterocycles. The first kappa shape index (κ1) is 12.8. The van der Waals surface area contributed by atoms with E-state index in [1.54, 1.807) is 12.3 Å². The van der Waals surface area contributed by atoms with E-state index in [2.05, 4.69) is 15.3 Å². The van der Waals surface area contributed by atoms with Gasteiger partial charge in [-0.05, 0) is 35.7 Å². The molecule has 0 fully saturated rings. The number of aryl methyl sites for hydroxylation is 1. The molecule has 5 heteroatoms. The van der Waals surface area contributed by atoms with E-state index < -0.39 is 6.10 Å². The zero-order valence-electron chi connectivity index (χ0n) is 9.97. The maximum Gasteiger partial charge on any atom is 0.224 e. The summed E-state index contributed by atoms with van der Waals surface area (Å²) in [6.07, 6.45) is 0.984. The van der Waals surface area contributed by atoms with Crippen molar-refractivity contribution in [3.63, 3.8) is 0 Å². The van der Waals surface area contributed by atoms with Gasteiger partial charge in [-0.1, -0.05) is 24.3 Å². The molecule has 18 heavy (non-hydrogen) atoms. The van der Waals surface area contributed by atoms with Crippen LogP contribution in [0.3, 0.4) is 0 Å². The van der Waals surface area contributed by atoms with Crippen LogP contribution in [0.2, 0.25) is 5.28 Å². The lowest BCUT2D eigenvalue weighted by Gasteiger charge is -2.14. The number of aliphatic hydroxyl groups excluding tert-OH is 1. The number of rotatable bonds is 4. The number of aliphatic hydroxyl groups is 1. The summed E-state index contributed by atoms with van der Waals surface area (Å²) >= 11 is 5.68. The number of aromatic nitrogens is 2. The van der Waals surface area contributed by atoms with Crippen molar-refractivity contribution in [1.82, 2.24) is 9.97 Å². The third kappa shape index (κ3) is 3.18. The average Bonchev–Trinajstić information content (AvgIpc) is 2.37. The maximum absolute atomic E-state index is 10.1. The van der Waals surface area contributed by atoms with Crippen LogP contribution >= 0.6 is 11.6 Å². The molecule has 1 unspecified atom stereocenters. The van der Waals surface area contributed by atoms with Gasteiger partial charge in [0, 0.05) is 12.7 Å². The largest absolute Gasteiger partial charge is 0.387 e. The molecule has 1 aromatic heterocycles. The Kier molecular flexibility index (Phi) is 4.12. The summed E-state index contributed by atoms with van der Waals surface area (Å²) in [7, 11) is 0. The van der Waals surface area contributed by atoms with Crippen LogP contribution in [-0.4, -0.2) is 21.6 Å². The van der Waals surface area contributed by atoms with Gasteiger partial charge in [-0.25, -0.2) is 9.97 Å². The minimum Gasteiger partial charge on any atom is -0.387 e. The molecule has 0 spiro atoms. The second kappa shape index (κ2) is 5.80. The number of hydrogen-bond acceptors (Lipinski definition) is 4. The first-order chi connectivity index (χ1) is 8.66. The second-order valence-corrected chi connectivity index (χ2v) is 4.30. The van der Waals surface area contributed by atoms with Gasteiger partial charge in [-0.3, -0.25) is 0 Å². The van der Waals surface area contributed by atoms with Crippen LogP contribution in [0.4, 0.5) is 5.82 Å². The highest BCUT2D eigenvalue weighted by Crippen LogP contribution is 2.17. The molecule has 2 N–H and O–H groups in total. The molecule has 0 radical (unpaired) electrons. The summed E-state index contributed by atoms with van der Waals surface area (Å²) in [6.45, 7) is 2.35. The number of nitrogens with one attached hydrogen (secondary N) is 1. The summed E-state index contributed by atoms with van der Waals surface area (Å²) in [5, 5.41) is 13.3. The predicted octanol–water partition coefficient (Wildman–Crippen LogP) is 2.58. The normalized spacial score (nSPS) is 12.2. The highest BCUT2D eigenvalue weighted by atomic mass is 35.5. The zero-order chi connectivity index (χ0) is 13.0. The Hall–Kier alpha value is -1.65. The van der Waals surface area contributed by atoms with E-state index in [1.165, 1.54) is 0 Å². The lowest BCUT2D eigenvalue weighted by Crippen LogP contribution is -2.14. The van der Waals surface area contributed by atoms with E-state index >= 15 is 0 Å². The van der Waals surface area contributed by atoms with Crippen LogP contribution in [0.25, 0.3) is 0 Å². The van der Waals surface area contributed by atoms with Crippen molar-refractivity contribution in [3.8, 4) is 0 Å². The van der Waals surface area contributed by atoms with Crippen molar-refractivity contribution in [1.29, 1.82) is 0 Å². The highest BCUT2D eigenvalue weighted by Gasteiger charge is 2.09. The standard InChI is InChI=1S/C13H14ClN3O/c1-9-4-2-3-5-10(9)11(18)8-16-12-6-7-15-13(14)17-12/h2-7,11,18H,8H2,1H3,(H,15,16,17). The molecular formula is C13H14ClN3O. The number of halogens is 1. The van der Waals surface area contributed by atoms with Crippen molar-refractivity contribution >= 4 is 17.4 Å². The number of nitrogens with zero attached hydrogens (tertiary/aromatic N) is 2. The number of benzene rings is 1. The summed E-state index contributed by atoms with van der Waals surface area (Å²) in [5.74, 6) is 0.600. The molecule has 4 nitrogen and oxygen atoms in total. The van der Waals surface area contributed by atoms with E-state index in [-0.39, 0.29) is 5.28 Å². The second-order valence-electron chi connectivity index (χ2n) is 3.96. The Balaban J connectivity index is 2.00. The van der Waals surface area contributed by atoms with Gasteiger partial charge in [0.1, 0.15) is 5.82 Å². The van der Waals surface area contributed by atoms with Gasteiger partial charge in [0.15, 0.2) is 0 Å². The Morgan fingerprint density at radius 2 is 2.11 bits per heavy atom. The van der Waals surface area contributed by atoms with Gasteiger partial charge in [0.2, 0.25) is 5.28 Å². The van der Waals surface area contributed by atoms with Gasteiger partial charge < -0.3 is 10.4 Å². The van der Waals surface area contributed by atoms with Crippen LogP contribution in [0.5, 0.6) is 0 Å². The van der Waals surface area contributed by atoms with E-state index in [9.17, 15) is 5.11 Å². The molecule has 1 aromatic carbocycles. The summed E-state index contributed by atoms with van der Waals surface area (Å²) in [5.41, 5.74) is 1.97. The fraction of sp³-hybridized carbons (Fsp3) is 0.231. The molecule has 0 amide bonds. The Morgan fingerprint density at radius 1 is 1.33 bits per heavy atom. The fourth-order valence-electron chi connectivity index (χ4n) is 1.71. The minimum atomic E-state index is -0.583. The molecule has 0 aliphatic carbocycles. The maximum atomic E-state index is 10.1. The molecule has 1 heterocycles. The minimum absolute atomic E-state index is 0.186. The van der Waals surface area contributed by atoms with Crippen LogP contribution in [-0.2, 0) is 0 Å². The first-order valence-corrected chi connectivity index (χ1v) is 6.00. The lowest BCUT2D eigenvalue weighted by molar-refractivity contribution is 0.191. The molecule has 2 rings (SSSR count). The van der Waals surface area contributed by atoms with Gasteiger partial charge in [0.25, 0.3) is 0 Å². The van der Waals surface area contributed by atoms with Gasteiger partial charge in [0.05, 0.1) is 6.10 Å². The van der Waals surface area contributed by atoms with Crippen LogP contribution in [0.15, 0.2) is 36.5 Å². The van der Waals surface area contributed by atoms with Crippen LogP contribution < -0.4 is 5.32 Å². The Bertz CT molecular complexity index is 533. The summed E-state index contributed by atoms with van der Waals surface area (Å²) < 4.78 is 0. The van der Waals surface area contributed by atoms with Gasteiger partial charge >= 0.3 is 0 Å². The molecule has 94 valence electrons. The van der Waals surface area contributed by atoms with Gasteiger partial charge in [-0.15, -0.1) is 0 Å². The number of anilines is 1. The van der Waals surface area contributed by atoms with Gasteiger partial charge in [-0.2, -0.15) is 0 Å².